The monoisotopic (exact) mass is 374 g/mol. The standard InChI is InChI=1S/C25H26O3/c1-5-18(3)23-16-20(25(26)19-8-13-21(27-4)14-9-19)10-15-24(23)28-22-11-6-17(2)7-12-22/h6-16,18H,5H2,1-4H3. The Morgan fingerprint density at radius 3 is 2.11 bits per heavy atom. The summed E-state index contributed by atoms with van der Waals surface area (Å²) in [5, 5.41) is 0. The van der Waals surface area contributed by atoms with Gasteiger partial charge in [-0.05, 0) is 79.4 Å². The Morgan fingerprint density at radius 1 is 0.893 bits per heavy atom. The molecule has 0 aliphatic heterocycles. The van der Waals surface area contributed by atoms with Crippen molar-refractivity contribution in [1.29, 1.82) is 0 Å². The van der Waals surface area contributed by atoms with E-state index < -0.39 is 0 Å². The van der Waals surface area contributed by atoms with Crippen LogP contribution in [-0.2, 0) is 0 Å². The Bertz CT molecular complexity index is 941. The molecule has 3 nitrogen and oxygen atoms in total. The minimum Gasteiger partial charge on any atom is -0.497 e. The zero-order valence-corrected chi connectivity index (χ0v) is 16.9. The van der Waals surface area contributed by atoms with E-state index >= 15 is 0 Å². The van der Waals surface area contributed by atoms with Crippen molar-refractivity contribution in [3.05, 3.63) is 89.0 Å². The molecule has 144 valence electrons. The SMILES string of the molecule is CCC(C)c1cc(C(=O)c2ccc(OC)cc2)ccc1Oc1ccc(C)cc1. The van der Waals surface area contributed by atoms with Crippen LogP contribution in [0.3, 0.4) is 0 Å². The van der Waals surface area contributed by atoms with Gasteiger partial charge in [0.2, 0.25) is 0 Å². The lowest BCUT2D eigenvalue weighted by molar-refractivity contribution is 0.103. The van der Waals surface area contributed by atoms with Crippen LogP contribution in [0.2, 0.25) is 0 Å². The van der Waals surface area contributed by atoms with Crippen LogP contribution < -0.4 is 9.47 Å². The molecule has 0 radical (unpaired) electrons. The van der Waals surface area contributed by atoms with E-state index in [1.54, 1.807) is 31.4 Å². The molecule has 3 rings (SSSR count). The van der Waals surface area contributed by atoms with Crippen molar-refractivity contribution >= 4 is 5.78 Å². The van der Waals surface area contributed by atoms with Gasteiger partial charge in [0.15, 0.2) is 5.78 Å². The molecule has 0 saturated heterocycles. The minimum absolute atomic E-state index is 0.00547. The maximum atomic E-state index is 12.9. The number of carbonyl (C=O) groups is 1. The number of rotatable bonds is 7. The molecule has 0 amide bonds. The molecule has 0 heterocycles. The Morgan fingerprint density at radius 2 is 1.50 bits per heavy atom. The second kappa shape index (κ2) is 8.75. The van der Waals surface area contributed by atoms with Gasteiger partial charge in [-0.1, -0.05) is 31.5 Å². The molecule has 0 aliphatic carbocycles. The fraction of sp³-hybridized carbons (Fsp3) is 0.240. The Labute approximate surface area is 166 Å². The first-order valence-corrected chi connectivity index (χ1v) is 9.59. The van der Waals surface area contributed by atoms with Crippen LogP contribution in [0.25, 0.3) is 0 Å². The first-order chi connectivity index (χ1) is 13.5. The quantitative estimate of drug-likeness (QED) is 0.440. The molecule has 3 aromatic rings. The Hall–Kier alpha value is -3.07. The zero-order valence-electron chi connectivity index (χ0n) is 16.9. The summed E-state index contributed by atoms with van der Waals surface area (Å²) in [6.45, 7) is 6.34. The summed E-state index contributed by atoms with van der Waals surface area (Å²) in [5.41, 5.74) is 3.54. The number of ketones is 1. The van der Waals surface area contributed by atoms with Crippen molar-refractivity contribution in [3.63, 3.8) is 0 Å². The molecule has 3 heteroatoms. The molecular formula is C25H26O3. The lowest BCUT2D eigenvalue weighted by Crippen LogP contribution is -2.04. The van der Waals surface area contributed by atoms with Crippen molar-refractivity contribution in [2.45, 2.75) is 33.1 Å². The predicted octanol–water partition coefficient (Wildman–Crippen LogP) is 6.54. The molecule has 0 aliphatic rings. The summed E-state index contributed by atoms with van der Waals surface area (Å²) in [4.78, 5) is 12.9. The van der Waals surface area contributed by atoms with Crippen LogP contribution in [-0.4, -0.2) is 12.9 Å². The average molecular weight is 374 g/mol. The van der Waals surface area contributed by atoms with E-state index in [0.717, 1.165) is 29.2 Å². The number of methoxy groups -OCH3 is 1. The number of carbonyl (C=O) groups excluding carboxylic acids is 1. The maximum Gasteiger partial charge on any atom is 0.193 e. The summed E-state index contributed by atoms with van der Waals surface area (Å²) in [6, 6.07) is 20.9. The maximum absolute atomic E-state index is 12.9. The lowest BCUT2D eigenvalue weighted by Gasteiger charge is -2.17. The van der Waals surface area contributed by atoms with Crippen LogP contribution in [0.4, 0.5) is 0 Å². The fourth-order valence-electron chi connectivity index (χ4n) is 3.03. The Kier molecular flexibility index (Phi) is 6.15. The van der Waals surface area contributed by atoms with Gasteiger partial charge in [-0.25, -0.2) is 0 Å². The van der Waals surface area contributed by atoms with Gasteiger partial charge < -0.3 is 9.47 Å². The molecule has 0 N–H and O–H groups in total. The van der Waals surface area contributed by atoms with Crippen molar-refractivity contribution in [2.24, 2.45) is 0 Å². The van der Waals surface area contributed by atoms with Gasteiger partial charge in [0.05, 0.1) is 7.11 Å². The number of aryl methyl sites for hydroxylation is 1. The van der Waals surface area contributed by atoms with Gasteiger partial charge in [0.1, 0.15) is 17.2 Å². The minimum atomic E-state index is -0.00547. The third-order valence-corrected chi connectivity index (χ3v) is 5.02. The van der Waals surface area contributed by atoms with Crippen molar-refractivity contribution in [3.8, 4) is 17.2 Å². The highest BCUT2D eigenvalue weighted by Crippen LogP contribution is 2.33. The molecular weight excluding hydrogens is 348 g/mol. The highest BCUT2D eigenvalue weighted by molar-refractivity contribution is 6.09. The van der Waals surface area contributed by atoms with Gasteiger partial charge in [-0.3, -0.25) is 4.79 Å². The largest absolute Gasteiger partial charge is 0.497 e. The molecule has 0 bridgehead atoms. The van der Waals surface area contributed by atoms with Gasteiger partial charge in [0, 0.05) is 11.1 Å². The van der Waals surface area contributed by atoms with Crippen LogP contribution in [0, 0.1) is 6.92 Å². The summed E-state index contributed by atoms with van der Waals surface area (Å²) >= 11 is 0. The van der Waals surface area contributed by atoms with Gasteiger partial charge >= 0.3 is 0 Å². The first kappa shape index (κ1) is 19.7. The third-order valence-electron chi connectivity index (χ3n) is 5.02. The number of ether oxygens (including phenoxy) is 2. The van der Waals surface area contributed by atoms with Gasteiger partial charge in [-0.15, -0.1) is 0 Å². The van der Waals surface area contributed by atoms with Crippen LogP contribution in [0.1, 0.15) is 53.2 Å². The van der Waals surface area contributed by atoms with Gasteiger partial charge in [-0.2, -0.15) is 0 Å². The third kappa shape index (κ3) is 4.42. The lowest BCUT2D eigenvalue weighted by atomic mass is 9.93. The van der Waals surface area contributed by atoms with Crippen molar-refractivity contribution < 1.29 is 14.3 Å². The molecule has 3 aromatic carbocycles. The van der Waals surface area contributed by atoms with E-state index in [2.05, 4.69) is 13.8 Å². The molecule has 0 aromatic heterocycles. The Balaban J connectivity index is 1.92. The van der Waals surface area contributed by atoms with Crippen LogP contribution >= 0.6 is 0 Å². The summed E-state index contributed by atoms with van der Waals surface area (Å²) in [6.07, 6.45) is 0.963. The summed E-state index contributed by atoms with van der Waals surface area (Å²) in [7, 11) is 1.61. The second-order valence-electron chi connectivity index (χ2n) is 7.03. The zero-order chi connectivity index (χ0) is 20.1. The first-order valence-electron chi connectivity index (χ1n) is 9.59. The van der Waals surface area contributed by atoms with E-state index in [1.807, 2.05) is 49.4 Å². The summed E-state index contributed by atoms with van der Waals surface area (Å²) in [5.74, 6) is 2.60. The fourth-order valence-corrected chi connectivity index (χ4v) is 3.03. The summed E-state index contributed by atoms with van der Waals surface area (Å²) < 4.78 is 11.3. The van der Waals surface area contributed by atoms with E-state index in [-0.39, 0.29) is 11.7 Å². The van der Waals surface area contributed by atoms with E-state index in [0.29, 0.717) is 11.1 Å². The highest BCUT2D eigenvalue weighted by Gasteiger charge is 2.16. The predicted molar refractivity (Wildman–Crippen MR) is 113 cm³/mol. The van der Waals surface area contributed by atoms with Crippen molar-refractivity contribution in [1.82, 2.24) is 0 Å². The van der Waals surface area contributed by atoms with E-state index in [9.17, 15) is 4.79 Å². The topological polar surface area (TPSA) is 35.5 Å². The highest BCUT2D eigenvalue weighted by atomic mass is 16.5. The average Bonchev–Trinajstić information content (AvgIpc) is 2.74. The molecule has 28 heavy (non-hydrogen) atoms. The van der Waals surface area contributed by atoms with E-state index in [1.165, 1.54) is 5.56 Å². The molecule has 0 fully saturated rings. The van der Waals surface area contributed by atoms with Crippen molar-refractivity contribution in [2.75, 3.05) is 7.11 Å². The van der Waals surface area contributed by atoms with Gasteiger partial charge in [0.25, 0.3) is 0 Å². The number of benzene rings is 3. The van der Waals surface area contributed by atoms with Crippen LogP contribution in [0.15, 0.2) is 66.7 Å². The molecule has 1 unspecified atom stereocenters. The number of hydrogen-bond donors (Lipinski definition) is 0. The molecule has 0 saturated carbocycles. The van der Waals surface area contributed by atoms with Crippen LogP contribution in [0.5, 0.6) is 17.2 Å². The number of hydrogen-bond acceptors (Lipinski definition) is 3. The molecule has 0 spiro atoms. The normalized spacial score (nSPS) is 11.7. The van der Waals surface area contributed by atoms with E-state index in [4.69, 9.17) is 9.47 Å². The molecule has 1 atom stereocenters. The smallest absolute Gasteiger partial charge is 0.193 e. The second-order valence-corrected chi connectivity index (χ2v) is 7.03.